The van der Waals surface area contributed by atoms with Crippen LogP contribution in [0.25, 0.3) is 0 Å². The van der Waals surface area contributed by atoms with Crippen LogP contribution in [0, 0.1) is 19.3 Å². The number of carbonyl (C=O) groups is 1. The maximum atomic E-state index is 12.5. The van der Waals surface area contributed by atoms with Gasteiger partial charge in [0.25, 0.3) is 5.91 Å². The van der Waals surface area contributed by atoms with Crippen molar-refractivity contribution in [3.63, 3.8) is 0 Å². The quantitative estimate of drug-likeness (QED) is 0.873. The maximum Gasteiger partial charge on any atom is 0.257 e. The molecule has 2 heterocycles. The smallest absolute Gasteiger partial charge is 0.257 e. The van der Waals surface area contributed by atoms with Gasteiger partial charge in [-0.05, 0) is 38.5 Å². The van der Waals surface area contributed by atoms with E-state index in [-0.39, 0.29) is 17.9 Å². The highest BCUT2D eigenvalue weighted by molar-refractivity contribution is 5.96. The van der Waals surface area contributed by atoms with Crippen LogP contribution in [0.2, 0.25) is 0 Å². The second kappa shape index (κ2) is 5.33. The number of aliphatic hydroxyl groups excluding tert-OH is 1. The molecule has 0 aromatic carbocycles. The molecule has 106 valence electrons. The molecule has 5 heteroatoms. The van der Waals surface area contributed by atoms with Crippen LogP contribution in [-0.4, -0.2) is 45.8 Å². The molecule has 5 nitrogen and oxygen atoms in total. The lowest BCUT2D eigenvalue weighted by Crippen LogP contribution is -2.44. The van der Waals surface area contributed by atoms with Crippen molar-refractivity contribution in [3.8, 4) is 0 Å². The lowest BCUT2D eigenvalue weighted by Gasteiger charge is -2.40. The van der Waals surface area contributed by atoms with Gasteiger partial charge in [0.2, 0.25) is 0 Å². The lowest BCUT2D eigenvalue weighted by molar-refractivity contribution is 0.0337. The molecular formula is C14H23N3O2. The number of hydrogen-bond acceptors (Lipinski definition) is 3. The van der Waals surface area contributed by atoms with Crippen molar-refractivity contribution in [2.24, 2.45) is 5.41 Å². The number of aromatic amines is 1. The lowest BCUT2D eigenvalue weighted by atomic mass is 9.77. The monoisotopic (exact) mass is 265 g/mol. The van der Waals surface area contributed by atoms with E-state index in [2.05, 4.69) is 17.1 Å². The van der Waals surface area contributed by atoms with Crippen molar-refractivity contribution >= 4 is 5.91 Å². The van der Waals surface area contributed by atoms with Crippen LogP contribution in [0.3, 0.4) is 0 Å². The molecule has 1 saturated heterocycles. The summed E-state index contributed by atoms with van der Waals surface area (Å²) >= 11 is 0. The zero-order valence-corrected chi connectivity index (χ0v) is 12.0. The summed E-state index contributed by atoms with van der Waals surface area (Å²) in [5, 5.41) is 16.5. The molecule has 2 N–H and O–H groups in total. The normalized spacial score (nSPS) is 18.6. The van der Waals surface area contributed by atoms with E-state index in [1.165, 1.54) is 0 Å². The first kappa shape index (κ1) is 14.1. The molecule has 0 bridgehead atoms. The second-order valence-electron chi connectivity index (χ2n) is 5.61. The fourth-order valence-corrected chi connectivity index (χ4v) is 2.83. The summed E-state index contributed by atoms with van der Waals surface area (Å²) in [7, 11) is 0. The van der Waals surface area contributed by atoms with Crippen LogP contribution < -0.4 is 0 Å². The summed E-state index contributed by atoms with van der Waals surface area (Å²) in [6, 6.07) is 0. The number of amides is 1. The summed E-state index contributed by atoms with van der Waals surface area (Å²) in [6.07, 6.45) is 2.72. The van der Waals surface area contributed by atoms with E-state index in [0.29, 0.717) is 5.56 Å². The molecule has 0 spiro atoms. The number of nitrogens with zero attached hydrogens (tertiary/aromatic N) is 2. The Bertz CT molecular complexity index is 434. The second-order valence-corrected chi connectivity index (χ2v) is 5.61. The van der Waals surface area contributed by atoms with Crippen molar-refractivity contribution in [1.82, 2.24) is 15.1 Å². The van der Waals surface area contributed by atoms with Gasteiger partial charge in [-0.3, -0.25) is 9.89 Å². The molecular weight excluding hydrogens is 242 g/mol. The van der Waals surface area contributed by atoms with Gasteiger partial charge in [0.1, 0.15) is 0 Å². The fraction of sp³-hybridized carbons (Fsp3) is 0.714. The Labute approximate surface area is 114 Å². The molecule has 1 aliphatic rings. The van der Waals surface area contributed by atoms with Crippen molar-refractivity contribution < 1.29 is 9.90 Å². The molecule has 1 aliphatic heterocycles. The zero-order valence-electron chi connectivity index (χ0n) is 12.0. The highest BCUT2D eigenvalue weighted by atomic mass is 16.3. The van der Waals surface area contributed by atoms with Gasteiger partial charge in [-0.2, -0.15) is 5.10 Å². The Hall–Kier alpha value is -1.36. The molecule has 2 rings (SSSR count). The van der Waals surface area contributed by atoms with E-state index < -0.39 is 0 Å². The third-order valence-electron chi connectivity index (χ3n) is 4.54. The van der Waals surface area contributed by atoms with Gasteiger partial charge in [0.15, 0.2) is 0 Å². The molecule has 0 radical (unpaired) electrons. The number of aromatic nitrogens is 2. The van der Waals surface area contributed by atoms with Crippen molar-refractivity contribution in [2.45, 2.75) is 40.0 Å². The number of carbonyl (C=O) groups excluding carboxylic acids is 1. The van der Waals surface area contributed by atoms with Gasteiger partial charge in [0.05, 0.1) is 11.3 Å². The first-order chi connectivity index (χ1) is 9.03. The average molecular weight is 265 g/mol. The van der Waals surface area contributed by atoms with E-state index in [1.807, 2.05) is 18.7 Å². The Kier molecular flexibility index (Phi) is 3.94. The van der Waals surface area contributed by atoms with E-state index in [4.69, 9.17) is 0 Å². The molecule has 1 aromatic rings. The predicted molar refractivity (Wildman–Crippen MR) is 73.0 cm³/mol. The Morgan fingerprint density at radius 2 is 2.05 bits per heavy atom. The molecule has 19 heavy (non-hydrogen) atoms. The van der Waals surface area contributed by atoms with E-state index in [1.54, 1.807) is 0 Å². The van der Waals surface area contributed by atoms with E-state index in [0.717, 1.165) is 43.7 Å². The minimum absolute atomic E-state index is 0.0112. The summed E-state index contributed by atoms with van der Waals surface area (Å²) in [5.74, 6) is 0.0615. The average Bonchev–Trinajstić information content (AvgIpc) is 2.77. The van der Waals surface area contributed by atoms with Gasteiger partial charge in [0, 0.05) is 25.4 Å². The Morgan fingerprint density at radius 1 is 1.42 bits per heavy atom. The number of H-pyrrole nitrogens is 1. The number of piperidine rings is 1. The molecule has 0 unspecified atom stereocenters. The van der Waals surface area contributed by atoms with Crippen molar-refractivity contribution in [1.29, 1.82) is 0 Å². The first-order valence-corrected chi connectivity index (χ1v) is 6.94. The topological polar surface area (TPSA) is 69.2 Å². The van der Waals surface area contributed by atoms with Crippen LogP contribution in [0.4, 0.5) is 0 Å². The molecule has 0 atom stereocenters. The van der Waals surface area contributed by atoms with Gasteiger partial charge in [-0.15, -0.1) is 0 Å². The maximum absolute atomic E-state index is 12.5. The highest BCUT2D eigenvalue weighted by Crippen LogP contribution is 2.34. The minimum Gasteiger partial charge on any atom is -0.396 e. The third-order valence-corrected chi connectivity index (χ3v) is 4.54. The zero-order chi connectivity index (χ0) is 14.0. The molecule has 0 aliphatic carbocycles. The van der Waals surface area contributed by atoms with Gasteiger partial charge in [-0.25, -0.2) is 0 Å². The fourth-order valence-electron chi connectivity index (χ4n) is 2.83. The summed E-state index contributed by atoms with van der Waals surface area (Å²) in [4.78, 5) is 14.4. The van der Waals surface area contributed by atoms with Crippen LogP contribution in [-0.2, 0) is 0 Å². The third kappa shape index (κ3) is 2.52. The van der Waals surface area contributed by atoms with Crippen LogP contribution in [0.5, 0.6) is 0 Å². The standard InChI is InChI=1S/C14H23N3O2/c1-4-14(9-18)5-7-17(8-6-14)13(19)12-10(2)15-16-11(12)3/h18H,4-9H2,1-3H3,(H,15,16). The van der Waals surface area contributed by atoms with Crippen LogP contribution in [0.1, 0.15) is 47.9 Å². The van der Waals surface area contributed by atoms with Gasteiger partial charge in [-0.1, -0.05) is 6.92 Å². The van der Waals surface area contributed by atoms with E-state index in [9.17, 15) is 9.90 Å². The molecule has 0 saturated carbocycles. The number of rotatable bonds is 3. The SMILES string of the molecule is CCC1(CO)CCN(C(=O)c2c(C)n[nH]c2C)CC1. The summed E-state index contributed by atoms with van der Waals surface area (Å²) in [5.41, 5.74) is 2.30. The van der Waals surface area contributed by atoms with Crippen molar-refractivity contribution in [3.05, 3.63) is 17.0 Å². The van der Waals surface area contributed by atoms with Crippen LogP contribution in [0.15, 0.2) is 0 Å². The summed E-state index contributed by atoms with van der Waals surface area (Å²) in [6.45, 7) is 7.49. The largest absolute Gasteiger partial charge is 0.396 e. The number of hydrogen-bond donors (Lipinski definition) is 2. The number of aryl methyl sites for hydroxylation is 2. The Balaban J connectivity index is 2.08. The van der Waals surface area contributed by atoms with Gasteiger partial charge < -0.3 is 10.0 Å². The predicted octanol–water partition coefficient (Wildman–Crippen LogP) is 1.65. The first-order valence-electron chi connectivity index (χ1n) is 6.94. The van der Waals surface area contributed by atoms with Crippen molar-refractivity contribution in [2.75, 3.05) is 19.7 Å². The van der Waals surface area contributed by atoms with Crippen LogP contribution >= 0.6 is 0 Å². The molecule has 1 fully saturated rings. The number of aliphatic hydroxyl groups is 1. The highest BCUT2D eigenvalue weighted by Gasteiger charge is 2.34. The number of likely N-dealkylation sites (tertiary alicyclic amines) is 1. The number of nitrogens with one attached hydrogen (secondary N) is 1. The summed E-state index contributed by atoms with van der Waals surface area (Å²) < 4.78 is 0. The Morgan fingerprint density at radius 3 is 2.47 bits per heavy atom. The van der Waals surface area contributed by atoms with Gasteiger partial charge >= 0.3 is 0 Å². The molecule has 1 aromatic heterocycles. The minimum atomic E-state index is 0.0112. The molecule has 1 amide bonds. The van der Waals surface area contributed by atoms with E-state index >= 15 is 0 Å².